The van der Waals surface area contributed by atoms with Gasteiger partial charge >= 0.3 is 0 Å². The molecule has 4 nitrogen and oxygen atoms in total. The number of aromatic nitrogens is 2. The van der Waals surface area contributed by atoms with Crippen LogP contribution in [0, 0.1) is 0 Å². The predicted molar refractivity (Wildman–Crippen MR) is 65.4 cm³/mol. The number of H-pyrrole nitrogens is 1. The molecule has 0 aliphatic carbocycles. The summed E-state index contributed by atoms with van der Waals surface area (Å²) in [5.41, 5.74) is 1.42. The molecule has 0 aliphatic rings. The Labute approximate surface area is 97.8 Å². The van der Waals surface area contributed by atoms with Crippen molar-refractivity contribution in [2.75, 3.05) is 10.6 Å². The maximum absolute atomic E-state index is 12.1. The van der Waals surface area contributed by atoms with Gasteiger partial charge in [0.15, 0.2) is 0 Å². The molecule has 0 aliphatic heterocycles. The third-order valence-electron chi connectivity index (χ3n) is 2.10. The summed E-state index contributed by atoms with van der Waals surface area (Å²) in [5.74, 6) is -0.0764. The van der Waals surface area contributed by atoms with Gasteiger partial charge in [0.1, 0.15) is 0 Å². The van der Waals surface area contributed by atoms with Gasteiger partial charge in [-0.05, 0) is 24.1 Å². The molecule has 0 saturated carbocycles. The summed E-state index contributed by atoms with van der Waals surface area (Å²) in [6.07, 6.45) is 4.98. The van der Waals surface area contributed by atoms with E-state index in [0.29, 0.717) is 5.56 Å². The van der Waals surface area contributed by atoms with E-state index in [1.807, 2.05) is 36.6 Å². The Morgan fingerprint density at radius 3 is 2.69 bits per heavy atom. The molecule has 1 amide bonds. The maximum Gasteiger partial charge on any atom is 0.271 e. The van der Waals surface area contributed by atoms with Crippen LogP contribution in [0.4, 0.5) is 5.69 Å². The molecule has 1 aromatic carbocycles. The van der Waals surface area contributed by atoms with E-state index >= 15 is 0 Å². The van der Waals surface area contributed by atoms with E-state index in [1.54, 1.807) is 10.5 Å². The molecule has 1 aromatic heterocycles. The van der Waals surface area contributed by atoms with Gasteiger partial charge in [-0.15, -0.1) is 0 Å². The Hall–Kier alpha value is -1.75. The lowest BCUT2D eigenvalue weighted by atomic mass is 10.3. The number of nitrogens with one attached hydrogen (secondary N) is 1. The highest BCUT2D eigenvalue weighted by atomic mass is 32.2. The van der Waals surface area contributed by atoms with Gasteiger partial charge in [-0.2, -0.15) is 5.10 Å². The molecule has 1 heterocycles. The van der Waals surface area contributed by atoms with E-state index in [1.165, 1.54) is 18.1 Å². The zero-order valence-corrected chi connectivity index (χ0v) is 9.57. The van der Waals surface area contributed by atoms with Crippen molar-refractivity contribution in [3.63, 3.8) is 0 Å². The van der Waals surface area contributed by atoms with E-state index in [2.05, 4.69) is 10.2 Å². The molecular weight excluding hydrogens is 222 g/mol. The summed E-state index contributed by atoms with van der Waals surface area (Å²) in [7, 11) is 0. The molecule has 16 heavy (non-hydrogen) atoms. The van der Waals surface area contributed by atoms with E-state index in [0.717, 1.165) is 5.69 Å². The Balaban J connectivity index is 2.27. The van der Waals surface area contributed by atoms with Crippen molar-refractivity contribution in [2.45, 2.75) is 0 Å². The van der Waals surface area contributed by atoms with Crippen molar-refractivity contribution in [1.82, 2.24) is 10.2 Å². The van der Waals surface area contributed by atoms with Crippen LogP contribution in [0.1, 0.15) is 10.4 Å². The van der Waals surface area contributed by atoms with Crippen molar-refractivity contribution in [1.29, 1.82) is 0 Å². The molecule has 0 atom stereocenters. The normalized spacial score (nSPS) is 10.1. The molecule has 5 heteroatoms. The number of anilines is 1. The van der Waals surface area contributed by atoms with Crippen LogP contribution in [0.5, 0.6) is 0 Å². The fraction of sp³-hybridized carbons (Fsp3) is 0.0909. The van der Waals surface area contributed by atoms with E-state index < -0.39 is 0 Å². The number of para-hydroxylation sites is 1. The first-order chi connectivity index (χ1) is 7.83. The number of nitrogens with zero attached hydrogens (tertiary/aromatic N) is 2. The zero-order chi connectivity index (χ0) is 11.4. The summed E-state index contributed by atoms with van der Waals surface area (Å²) in [4.78, 5) is 12.1. The first-order valence-electron chi connectivity index (χ1n) is 4.75. The molecule has 0 bridgehead atoms. The van der Waals surface area contributed by atoms with Crippen LogP contribution in [0.3, 0.4) is 0 Å². The first-order valence-corrected chi connectivity index (χ1v) is 5.93. The molecule has 0 fully saturated rings. The molecule has 0 radical (unpaired) electrons. The topological polar surface area (TPSA) is 49.0 Å². The maximum atomic E-state index is 12.1. The van der Waals surface area contributed by atoms with Gasteiger partial charge in [-0.25, -0.2) is 0 Å². The predicted octanol–water partition coefficient (Wildman–Crippen LogP) is 2.33. The average molecular weight is 233 g/mol. The second-order valence-electron chi connectivity index (χ2n) is 3.10. The van der Waals surface area contributed by atoms with E-state index in [4.69, 9.17) is 0 Å². The summed E-state index contributed by atoms with van der Waals surface area (Å²) in [6.45, 7) is 0. The third kappa shape index (κ3) is 2.09. The van der Waals surface area contributed by atoms with Crippen LogP contribution in [0.2, 0.25) is 0 Å². The second-order valence-corrected chi connectivity index (χ2v) is 3.83. The standard InChI is InChI=1S/C11H11N3OS/c1-16-14(10-5-3-2-4-6-10)11(15)9-7-12-13-8-9/h2-8H,1H3,(H,12,13). The van der Waals surface area contributed by atoms with Crippen LogP contribution < -0.4 is 4.31 Å². The minimum atomic E-state index is -0.0764. The van der Waals surface area contributed by atoms with Crippen LogP contribution in [-0.4, -0.2) is 22.4 Å². The highest BCUT2D eigenvalue weighted by Gasteiger charge is 2.17. The Morgan fingerprint density at radius 2 is 2.12 bits per heavy atom. The van der Waals surface area contributed by atoms with Crippen molar-refractivity contribution < 1.29 is 4.79 Å². The van der Waals surface area contributed by atoms with Gasteiger partial charge in [0.2, 0.25) is 0 Å². The lowest BCUT2D eigenvalue weighted by Gasteiger charge is -2.18. The molecule has 1 N–H and O–H groups in total. The van der Waals surface area contributed by atoms with Crippen molar-refractivity contribution >= 4 is 23.5 Å². The summed E-state index contributed by atoms with van der Waals surface area (Å²) in [5, 5.41) is 6.41. The van der Waals surface area contributed by atoms with Crippen LogP contribution in [-0.2, 0) is 0 Å². The number of benzene rings is 1. The van der Waals surface area contributed by atoms with Gasteiger partial charge in [-0.1, -0.05) is 18.2 Å². The van der Waals surface area contributed by atoms with E-state index in [-0.39, 0.29) is 5.91 Å². The van der Waals surface area contributed by atoms with Crippen molar-refractivity contribution in [3.8, 4) is 0 Å². The molecule has 2 rings (SSSR count). The smallest absolute Gasteiger partial charge is 0.271 e. The largest absolute Gasteiger partial charge is 0.285 e. The molecule has 0 saturated heterocycles. The van der Waals surface area contributed by atoms with Crippen molar-refractivity contribution in [2.24, 2.45) is 0 Å². The minimum absolute atomic E-state index is 0.0764. The summed E-state index contributed by atoms with van der Waals surface area (Å²) in [6, 6.07) is 9.52. The number of carbonyl (C=O) groups excluding carboxylic acids is 1. The highest BCUT2D eigenvalue weighted by Crippen LogP contribution is 2.22. The monoisotopic (exact) mass is 233 g/mol. The van der Waals surface area contributed by atoms with Crippen LogP contribution >= 0.6 is 11.9 Å². The quantitative estimate of drug-likeness (QED) is 0.828. The van der Waals surface area contributed by atoms with E-state index in [9.17, 15) is 4.79 Å². The average Bonchev–Trinajstić information content (AvgIpc) is 2.85. The van der Waals surface area contributed by atoms with Crippen LogP contribution in [0.25, 0.3) is 0 Å². The first kappa shape index (κ1) is 10.8. The van der Waals surface area contributed by atoms with Gasteiger partial charge < -0.3 is 0 Å². The van der Waals surface area contributed by atoms with Crippen molar-refractivity contribution in [3.05, 3.63) is 48.3 Å². The summed E-state index contributed by atoms with van der Waals surface area (Å²) < 4.78 is 1.63. The number of aromatic amines is 1. The zero-order valence-electron chi connectivity index (χ0n) is 8.75. The van der Waals surface area contributed by atoms with Gasteiger partial charge in [0.05, 0.1) is 17.4 Å². The Morgan fingerprint density at radius 1 is 1.38 bits per heavy atom. The molecule has 0 spiro atoms. The minimum Gasteiger partial charge on any atom is -0.285 e. The van der Waals surface area contributed by atoms with Gasteiger partial charge in [0, 0.05) is 12.5 Å². The third-order valence-corrected chi connectivity index (χ3v) is 2.84. The van der Waals surface area contributed by atoms with Gasteiger partial charge in [-0.3, -0.25) is 14.2 Å². The molecule has 82 valence electrons. The highest BCUT2D eigenvalue weighted by molar-refractivity contribution is 8.00. The number of hydrogen-bond acceptors (Lipinski definition) is 3. The number of hydrogen-bond donors (Lipinski definition) is 1. The lowest BCUT2D eigenvalue weighted by molar-refractivity contribution is 0.101. The van der Waals surface area contributed by atoms with Crippen LogP contribution in [0.15, 0.2) is 42.7 Å². The molecular formula is C11H11N3OS. The fourth-order valence-electron chi connectivity index (χ4n) is 1.35. The van der Waals surface area contributed by atoms with Gasteiger partial charge in [0.25, 0.3) is 5.91 Å². The SMILES string of the molecule is CSN(C(=O)c1cn[nH]c1)c1ccccc1. The number of amides is 1. The molecule has 2 aromatic rings. The Bertz CT molecular complexity index is 455. The summed E-state index contributed by atoms with van der Waals surface area (Å²) >= 11 is 1.37. The number of rotatable bonds is 3. The second kappa shape index (κ2) is 4.85. The Kier molecular flexibility index (Phi) is 3.26. The lowest BCUT2D eigenvalue weighted by Crippen LogP contribution is -2.22. The number of carbonyl (C=O) groups is 1. The fourth-order valence-corrected chi connectivity index (χ4v) is 1.96. The molecule has 0 unspecified atom stereocenters.